The zero-order valence-corrected chi connectivity index (χ0v) is 14.8. The van der Waals surface area contributed by atoms with Gasteiger partial charge in [0.1, 0.15) is 5.75 Å². The maximum absolute atomic E-state index is 12.8. The molecule has 0 unspecified atom stereocenters. The fourth-order valence-electron chi connectivity index (χ4n) is 3.16. The fraction of sp³-hybridized carbons (Fsp3) is 0.300. The largest absolute Gasteiger partial charge is 0.573 e. The van der Waals surface area contributed by atoms with Crippen LogP contribution >= 0.6 is 0 Å². The van der Waals surface area contributed by atoms with E-state index in [1.807, 2.05) is 31.2 Å². The zero-order valence-electron chi connectivity index (χ0n) is 14.8. The molecule has 1 aliphatic heterocycles. The zero-order chi connectivity index (χ0) is 19.8. The SMILES string of the molecule is Cc1ccc(C[C@H]2C(=O)N(c3ccc(OC(F)(F)F)cc3)C(=O)[C@@H]2C)cc1. The minimum Gasteiger partial charge on any atom is -0.406 e. The third-order valence-corrected chi connectivity index (χ3v) is 4.66. The maximum atomic E-state index is 12.8. The number of rotatable bonds is 4. The van der Waals surface area contributed by atoms with E-state index in [2.05, 4.69) is 4.74 Å². The number of amides is 2. The highest BCUT2D eigenvalue weighted by atomic mass is 19.4. The Morgan fingerprint density at radius 2 is 1.56 bits per heavy atom. The molecule has 2 atom stereocenters. The molecule has 0 saturated carbocycles. The van der Waals surface area contributed by atoms with Crippen LogP contribution in [0.2, 0.25) is 0 Å². The van der Waals surface area contributed by atoms with E-state index in [0.29, 0.717) is 6.42 Å². The van der Waals surface area contributed by atoms with E-state index in [-0.39, 0.29) is 17.5 Å². The average molecular weight is 377 g/mol. The van der Waals surface area contributed by atoms with Gasteiger partial charge in [-0.25, -0.2) is 0 Å². The van der Waals surface area contributed by atoms with E-state index in [4.69, 9.17) is 0 Å². The summed E-state index contributed by atoms with van der Waals surface area (Å²) in [6, 6.07) is 12.5. The number of carbonyl (C=O) groups excluding carboxylic acids is 2. The Hall–Kier alpha value is -2.83. The minimum atomic E-state index is -4.80. The number of carbonyl (C=O) groups is 2. The van der Waals surface area contributed by atoms with Crippen molar-refractivity contribution in [3.05, 3.63) is 59.7 Å². The van der Waals surface area contributed by atoms with Crippen molar-refractivity contribution < 1.29 is 27.5 Å². The lowest BCUT2D eigenvalue weighted by molar-refractivity contribution is -0.274. The molecule has 2 amide bonds. The lowest BCUT2D eigenvalue weighted by Crippen LogP contribution is -2.31. The second-order valence-corrected chi connectivity index (χ2v) is 6.64. The average Bonchev–Trinajstić information content (AvgIpc) is 2.80. The van der Waals surface area contributed by atoms with Gasteiger partial charge < -0.3 is 4.74 Å². The first-order valence-electron chi connectivity index (χ1n) is 8.45. The predicted molar refractivity (Wildman–Crippen MR) is 93.2 cm³/mol. The van der Waals surface area contributed by atoms with Crippen LogP contribution in [0.1, 0.15) is 18.1 Å². The van der Waals surface area contributed by atoms with Crippen LogP contribution in [0.5, 0.6) is 5.75 Å². The quantitative estimate of drug-likeness (QED) is 0.748. The van der Waals surface area contributed by atoms with Crippen LogP contribution in [-0.4, -0.2) is 18.2 Å². The molecule has 4 nitrogen and oxygen atoms in total. The number of imide groups is 1. The number of benzene rings is 2. The molecular weight excluding hydrogens is 359 g/mol. The molecule has 142 valence electrons. The van der Waals surface area contributed by atoms with Gasteiger partial charge in [0.25, 0.3) is 0 Å². The van der Waals surface area contributed by atoms with Crippen LogP contribution in [0.15, 0.2) is 48.5 Å². The van der Waals surface area contributed by atoms with Gasteiger partial charge in [-0.1, -0.05) is 36.8 Å². The van der Waals surface area contributed by atoms with Gasteiger partial charge in [-0.2, -0.15) is 0 Å². The monoisotopic (exact) mass is 377 g/mol. The van der Waals surface area contributed by atoms with Crippen molar-refractivity contribution in [3.8, 4) is 5.75 Å². The van der Waals surface area contributed by atoms with Crippen LogP contribution < -0.4 is 9.64 Å². The smallest absolute Gasteiger partial charge is 0.406 e. The molecule has 2 aromatic rings. The summed E-state index contributed by atoms with van der Waals surface area (Å²) in [7, 11) is 0. The third-order valence-electron chi connectivity index (χ3n) is 4.66. The Kier molecular flexibility index (Phi) is 4.95. The van der Waals surface area contributed by atoms with Gasteiger partial charge in [0.2, 0.25) is 11.8 Å². The molecular formula is C20H18F3NO3. The number of alkyl halides is 3. The first-order chi connectivity index (χ1) is 12.7. The summed E-state index contributed by atoms with van der Waals surface area (Å²) in [4.78, 5) is 26.4. The first-order valence-corrected chi connectivity index (χ1v) is 8.45. The summed E-state index contributed by atoms with van der Waals surface area (Å²) >= 11 is 0. The molecule has 0 N–H and O–H groups in total. The molecule has 0 spiro atoms. The Bertz CT molecular complexity index is 844. The van der Waals surface area contributed by atoms with Crippen LogP contribution in [0.4, 0.5) is 18.9 Å². The van der Waals surface area contributed by atoms with Gasteiger partial charge in [0, 0.05) is 5.92 Å². The standard InChI is InChI=1S/C20H18F3NO3/c1-12-3-5-14(6-4-12)11-17-13(2)18(25)24(19(17)26)15-7-9-16(10-8-15)27-20(21,22)23/h3-10,13,17H,11H2,1-2H3/t13-,17-/m1/s1. The summed E-state index contributed by atoms with van der Waals surface area (Å²) in [5.41, 5.74) is 2.29. The van der Waals surface area contributed by atoms with Crippen molar-refractivity contribution in [1.82, 2.24) is 0 Å². The molecule has 0 aliphatic carbocycles. The van der Waals surface area contributed by atoms with E-state index in [1.54, 1.807) is 6.92 Å². The van der Waals surface area contributed by atoms with Crippen molar-refractivity contribution in [2.24, 2.45) is 11.8 Å². The summed E-state index contributed by atoms with van der Waals surface area (Å²) in [6.07, 6.45) is -4.37. The molecule has 3 rings (SSSR count). The molecule has 1 heterocycles. The number of hydrogen-bond acceptors (Lipinski definition) is 3. The molecule has 1 saturated heterocycles. The normalized spacial score (nSPS) is 20.3. The Morgan fingerprint density at radius 3 is 2.11 bits per heavy atom. The predicted octanol–water partition coefficient (Wildman–Crippen LogP) is 4.26. The van der Waals surface area contributed by atoms with E-state index in [0.717, 1.165) is 28.2 Å². The lowest BCUT2D eigenvalue weighted by Gasteiger charge is -2.16. The van der Waals surface area contributed by atoms with E-state index in [1.165, 1.54) is 12.1 Å². The van der Waals surface area contributed by atoms with E-state index in [9.17, 15) is 22.8 Å². The summed E-state index contributed by atoms with van der Waals surface area (Å²) < 4.78 is 40.6. The van der Waals surface area contributed by atoms with Gasteiger partial charge in [-0.15, -0.1) is 13.2 Å². The Labute approximate surface area is 154 Å². The van der Waals surface area contributed by atoms with Crippen LogP contribution in [-0.2, 0) is 16.0 Å². The molecule has 0 radical (unpaired) electrons. The van der Waals surface area contributed by atoms with Gasteiger partial charge in [-0.3, -0.25) is 14.5 Å². The van der Waals surface area contributed by atoms with Gasteiger partial charge in [0.05, 0.1) is 11.6 Å². The van der Waals surface area contributed by atoms with Gasteiger partial charge in [-0.05, 0) is 43.2 Å². The van der Waals surface area contributed by atoms with Crippen LogP contribution in [0, 0.1) is 18.8 Å². The Morgan fingerprint density at radius 1 is 0.963 bits per heavy atom. The molecule has 1 fully saturated rings. The summed E-state index contributed by atoms with van der Waals surface area (Å²) in [5, 5.41) is 0. The van der Waals surface area contributed by atoms with E-state index < -0.39 is 23.9 Å². The molecule has 2 aromatic carbocycles. The summed E-state index contributed by atoms with van der Waals surface area (Å²) in [5.74, 6) is -2.13. The highest BCUT2D eigenvalue weighted by molar-refractivity contribution is 6.22. The number of ether oxygens (including phenoxy) is 1. The minimum absolute atomic E-state index is 0.234. The van der Waals surface area contributed by atoms with Gasteiger partial charge in [0.15, 0.2) is 0 Å². The molecule has 7 heteroatoms. The molecule has 1 aliphatic rings. The van der Waals surface area contributed by atoms with Crippen LogP contribution in [0.3, 0.4) is 0 Å². The lowest BCUT2D eigenvalue weighted by atomic mass is 9.90. The number of aryl methyl sites for hydroxylation is 1. The molecule has 27 heavy (non-hydrogen) atoms. The number of anilines is 1. The van der Waals surface area contributed by atoms with Crippen molar-refractivity contribution in [2.75, 3.05) is 4.90 Å². The summed E-state index contributed by atoms with van der Waals surface area (Å²) in [6.45, 7) is 3.66. The highest BCUT2D eigenvalue weighted by Gasteiger charge is 2.45. The maximum Gasteiger partial charge on any atom is 0.573 e. The topological polar surface area (TPSA) is 46.6 Å². The second-order valence-electron chi connectivity index (χ2n) is 6.64. The van der Waals surface area contributed by atoms with Crippen molar-refractivity contribution in [1.29, 1.82) is 0 Å². The number of nitrogens with zero attached hydrogens (tertiary/aromatic N) is 1. The number of hydrogen-bond donors (Lipinski definition) is 0. The third kappa shape index (κ3) is 4.13. The van der Waals surface area contributed by atoms with Crippen molar-refractivity contribution in [2.45, 2.75) is 26.6 Å². The number of halogens is 3. The molecule has 0 aromatic heterocycles. The fourth-order valence-corrected chi connectivity index (χ4v) is 3.16. The van der Waals surface area contributed by atoms with E-state index >= 15 is 0 Å². The van der Waals surface area contributed by atoms with Crippen molar-refractivity contribution in [3.63, 3.8) is 0 Å². The highest BCUT2D eigenvalue weighted by Crippen LogP contribution is 2.34. The molecule has 0 bridgehead atoms. The second kappa shape index (κ2) is 7.06. The Balaban J connectivity index is 1.79. The van der Waals surface area contributed by atoms with Gasteiger partial charge >= 0.3 is 6.36 Å². The van der Waals surface area contributed by atoms with Crippen molar-refractivity contribution >= 4 is 17.5 Å². The first kappa shape index (κ1) is 18.9. The van der Waals surface area contributed by atoms with Crippen LogP contribution in [0.25, 0.3) is 0 Å².